The number of anilines is 1. The number of nitrogens with one attached hydrogen (secondary N) is 2. The van der Waals surface area contributed by atoms with Crippen LogP contribution in [-0.2, 0) is 0 Å². The number of fused-ring (bicyclic) bond motifs is 1. The fraction of sp³-hybridized carbons (Fsp3) is 0.0500. The van der Waals surface area contributed by atoms with Gasteiger partial charge in [0.25, 0.3) is 5.91 Å². The average Bonchev–Trinajstić information content (AvgIpc) is 3.31. The largest absolute Gasteiger partial charge is 0.361 e. The number of hydrogen-bond acceptors (Lipinski definition) is 3. The number of aliphatic imine (C=N–C) groups is 1. The molecule has 122 valence electrons. The summed E-state index contributed by atoms with van der Waals surface area (Å²) in [6.45, 7) is 2.06. The molecule has 5 heteroatoms. The van der Waals surface area contributed by atoms with Crippen LogP contribution in [0.15, 0.2) is 66.0 Å². The van der Waals surface area contributed by atoms with E-state index >= 15 is 0 Å². The minimum atomic E-state index is -0.159. The van der Waals surface area contributed by atoms with Crippen molar-refractivity contribution in [1.82, 2.24) is 9.97 Å². The van der Waals surface area contributed by atoms with Crippen molar-refractivity contribution in [3.8, 4) is 0 Å². The van der Waals surface area contributed by atoms with Crippen molar-refractivity contribution in [2.45, 2.75) is 6.92 Å². The molecule has 5 nitrogen and oxygen atoms in total. The van der Waals surface area contributed by atoms with Crippen molar-refractivity contribution in [2.75, 3.05) is 5.32 Å². The highest BCUT2D eigenvalue weighted by atomic mass is 16.1. The van der Waals surface area contributed by atoms with Gasteiger partial charge >= 0.3 is 0 Å². The van der Waals surface area contributed by atoms with Crippen LogP contribution in [-0.4, -0.2) is 22.1 Å². The van der Waals surface area contributed by atoms with Crippen LogP contribution in [0.3, 0.4) is 0 Å². The van der Waals surface area contributed by atoms with Crippen LogP contribution >= 0.6 is 0 Å². The third-order valence-electron chi connectivity index (χ3n) is 4.23. The van der Waals surface area contributed by atoms with E-state index in [1.165, 1.54) is 0 Å². The first-order valence-corrected chi connectivity index (χ1v) is 7.97. The van der Waals surface area contributed by atoms with Gasteiger partial charge < -0.3 is 10.3 Å². The van der Waals surface area contributed by atoms with E-state index in [4.69, 9.17) is 0 Å². The lowest BCUT2D eigenvalue weighted by atomic mass is 10.00. The first kappa shape index (κ1) is 15.1. The number of pyridine rings is 1. The zero-order chi connectivity index (χ0) is 17.2. The minimum absolute atomic E-state index is 0.159. The molecule has 0 radical (unpaired) electrons. The van der Waals surface area contributed by atoms with E-state index in [2.05, 4.69) is 27.2 Å². The van der Waals surface area contributed by atoms with E-state index in [1.54, 1.807) is 24.5 Å². The van der Waals surface area contributed by atoms with Gasteiger partial charge in [-0.25, -0.2) is 0 Å². The molecule has 1 aromatic carbocycles. The van der Waals surface area contributed by atoms with Gasteiger partial charge in [-0.3, -0.25) is 14.8 Å². The fourth-order valence-corrected chi connectivity index (χ4v) is 2.86. The van der Waals surface area contributed by atoms with Gasteiger partial charge in [-0.2, -0.15) is 0 Å². The lowest BCUT2D eigenvalue weighted by molar-refractivity contribution is 0.102. The Kier molecular flexibility index (Phi) is 3.74. The standard InChI is InChI=1S/C20H16N4O/c1-13(18-3-2-8-22-18)17-12-23-19-5-4-15(11-16(17)19)24-20(25)14-6-9-21-10-7-14/h2-12,22H,1H3,(H,24,25). The topological polar surface area (TPSA) is 70.1 Å². The van der Waals surface area contributed by atoms with E-state index in [9.17, 15) is 4.79 Å². The quantitative estimate of drug-likeness (QED) is 0.752. The molecule has 0 aliphatic carbocycles. The second-order valence-corrected chi connectivity index (χ2v) is 5.80. The summed E-state index contributed by atoms with van der Waals surface area (Å²) < 4.78 is 0. The van der Waals surface area contributed by atoms with E-state index < -0.39 is 0 Å². The Morgan fingerprint density at radius 3 is 2.72 bits per heavy atom. The zero-order valence-electron chi connectivity index (χ0n) is 13.7. The highest BCUT2D eigenvalue weighted by Gasteiger charge is 2.17. The maximum Gasteiger partial charge on any atom is 0.255 e. The molecule has 3 heterocycles. The Bertz CT molecular complexity index is 986. The fourth-order valence-electron chi connectivity index (χ4n) is 2.86. The molecule has 3 aromatic rings. The second-order valence-electron chi connectivity index (χ2n) is 5.80. The first-order valence-electron chi connectivity index (χ1n) is 7.97. The molecule has 0 unspecified atom stereocenters. The maximum atomic E-state index is 12.3. The Morgan fingerprint density at radius 1 is 1.12 bits per heavy atom. The number of carbonyl (C=O) groups excluding carboxylic acids is 1. The van der Waals surface area contributed by atoms with Crippen molar-refractivity contribution in [2.24, 2.45) is 4.99 Å². The van der Waals surface area contributed by atoms with Crippen LogP contribution in [0.4, 0.5) is 11.4 Å². The first-order chi connectivity index (χ1) is 12.2. The Morgan fingerprint density at radius 2 is 1.96 bits per heavy atom. The Balaban J connectivity index is 1.66. The summed E-state index contributed by atoms with van der Waals surface area (Å²) in [6, 6.07) is 13.1. The highest BCUT2D eigenvalue weighted by molar-refractivity contribution is 6.24. The molecular weight excluding hydrogens is 312 g/mol. The molecule has 2 aromatic heterocycles. The molecular formula is C20H16N4O. The molecule has 0 fully saturated rings. The summed E-state index contributed by atoms with van der Waals surface area (Å²) in [5.74, 6) is -0.159. The summed E-state index contributed by atoms with van der Waals surface area (Å²) in [4.78, 5) is 23.9. The van der Waals surface area contributed by atoms with Gasteiger partial charge in [0.1, 0.15) is 0 Å². The minimum Gasteiger partial charge on any atom is -0.361 e. The summed E-state index contributed by atoms with van der Waals surface area (Å²) in [6.07, 6.45) is 6.98. The number of carbonyl (C=O) groups is 1. The van der Waals surface area contributed by atoms with Gasteiger partial charge in [0.05, 0.1) is 5.69 Å². The lowest BCUT2D eigenvalue weighted by Crippen LogP contribution is -2.11. The van der Waals surface area contributed by atoms with Crippen LogP contribution < -0.4 is 5.32 Å². The van der Waals surface area contributed by atoms with E-state index in [0.717, 1.165) is 33.8 Å². The van der Waals surface area contributed by atoms with Crippen LogP contribution in [0.25, 0.3) is 11.1 Å². The molecule has 1 amide bonds. The lowest BCUT2D eigenvalue weighted by Gasteiger charge is -2.09. The number of rotatable bonds is 3. The number of amides is 1. The molecule has 4 rings (SSSR count). The van der Waals surface area contributed by atoms with Gasteiger partial charge in [0.2, 0.25) is 0 Å². The van der Waals surface area contributed by atoms with Gasteiger partial charge in [-0.15, -0.1) is 0 Å². The predicted octanol–water partition coefficient (Wildman–Crippen LogP) is 4.31. The Hall–Kier alpha value is -3.47. The summed E-state index contributed by atoms with van der Waals surface area (Å²) in [5.41, 5.74) is 6.46. The van der Waals surface area contributed by atoms with Crippen molar-refractivity contribution < 1.29 is 4.79 Å². The Labute approximate surface area is 145 Å². The van der Waals surface area contributed by atoms with Crippen molar-refractivity contribution in [3.05, 3.63) is 77.9 Å². The third kappa shape index (κ3) is 2.87. The van der Waals surface area contributed by atoms with Crippen LogP contribution in [0.1, 0.15) is 28.5 Å². The summed E-state index contributed by atoms with van der Waals surface area (Å²) in [5, 5.41) is 2.93. The van der Waals surface area contributed by atoms with E-state index in [1.807, 2.05) is 42.7 Å². The number of aromatic amines is 1. The predicted molar refractivity (Wildman–Crippen MR) is 100 cm³/mol. The molecule has 2 N–H and O–H groups in total. The number of hydrogen-bond donors (Lipinski definition) is 2. The van der Waals surface area contributed by atoms with Gasteiger partial charge in [0, 0.05) is 52.9 Å². The highest BCUT2D eigenvalue weighted by Crippen LogP contribution is 2.37. The number of nitrogens with zero attached hydrogens (tertiary/aromatic N) is 2. The molecule has 1 aliphatic rings. The van der Waals surface area contributed by atoms with Crippen LogP contribution in [0.5, 0.6) is 0 Å². The second kappa shape index (κ2) is 6.20. The van der Waals surface area contributed by atoms with Gasteiger partial charge in [0.15, 0.2) is 0 Å². The van der Waals surface area contributed by atoms with E-state index in [-0.39, 0.29) is 5.91 Å². The molecule has 0 spiro atoms. The van der Waals surface area contributed by atoms with Crippen molar-refractivity contribution in [3.63, 3.8) is 0 Å². The van der Waals surface area contributed by atoms with Gasteiger partial charge in [-0.05, 0) is 55.0 Å². The number of benzene rings is 1. The number of H-pyrrole nitrogens is 1. The molecule has 0 atom stereocenters. The van der Waals surface area contributed by atoms with E-state index in [0.29, 0.717) is 5.56 Å². The summed E-state index contributed by atoms with van der Waals surface area (Å²) >= 11 is 0. The molecule has 0 saturated carbocycles. The molecule has 0 saturated heterocycles. The number of allylic oxidation sites excluding steroid dienone is 2. The monoisotopic (exact) mass is 328 g/mol. The van der Waals surface area contributed by atoms with Crippen LogP contribution in [0.2, 0.25) is 0 Å². The normalized spacial score (nSPS) is 14.3. The van der Waals surface area contributed by atoms with Crippen molar-refractivity contribution >= 4 is 34.6 Å². The van der Waals surface area contributed by atoms with Crippen molar-refractivity contribution in [1.29, 1.82) is 0 Å². The average molecular weight is 328 g/mol. The maximum absolute atomic E-state index is 12.3. The number of aromatic nitrogens is 2. The smallest absolute Gasteiger partial charge is 0.255 e. The van der Waals surface area contributed by atoms with Gasteiger partial charge in [-0.1, -0.05) is 0 Å². The zero-order valence-corrected chi connectivity index (χ0v) is 13.7. The molecule has 1 aliphatic heterocycles. The SMILES string of the molecule is CC(=C1C=Nc2ccc(NC(=O)c3ccncc3)cc21)c1ccc[nH]1. The third-order valence-corrected chi connectivity index (χ3v) is 4.23. The molecule has 25 heavy (non-hydrogen) atoms. The summed E-state index contributed by atoms with van der Waals surface area (Å²) in [7, 11) is 0. The van der Waals surface area contributed by atoms with Crippen LogP contribution in [0, 0.1) is 0 Å². The molecule has 0 bridgehead atoms.